The molecule has 26 heavy (non-hydrogen) atoms. The van der Waals surface area contributed by atoms with Crippen molar-refractivity contribution >= 4 is 34.9 Å². The van der Waals surface area contributed by atoms with Crippen molar-refractivity contribution in [3.63, 3.8) is 0 Å². The van der Waals surface area contributed by atoms with Gasteiger partial charge in [-0.1, -0.05) is 30.0 Å². The molecule has 0 aliphatic rings. The van der Waals surface area contributed by atoms with Gasteiger partial charge in [0.1, 0.15) is 0 Å². The van der Waals surface area contributed by atoms with E-state index in [1.54, 1.807) is 29.5 Å². The Morgan fingerprint density at radius 3 is 2.69 bits per heavy atom. The molecule has 3 rings (SSSR count). The summed E-state index contributed by atoms with van der Waals surface area (Å²) in [5.74, 6) is 0.484. The summed E-state index contributed by atoms with van der Waals surface area (Å²) in [5, 5.41) is 11.2. The summed E-state index contributed by atoms with van der Waals surface area (Å²) in [5.41, 5.74) is 12.0. The van der Waals surface area contributed by atoms with Crippen LogP contribution in [0.25, 0.3) is 10.7 Å². The number of rotatable bonds is 8. The van der Waals surface area contributed by atoms with Crippen molar-refractivity contribution < 1.29 is 9.59 Å². The number of nitrogens with two attached hydrogens (primary N) is 2. The van der Waals surface area contributed by atoms with Crippen LogP contribution in [-0.4, -0.2) is 26.6 Å². The third-order valence-corrected chi connectivity index (χ3v) is 5.52. The van der Waals surface area contributed by atoms with Crippen LogP contribution in [0.15, 0.2) is 46.9 Å². The fourth-order valence-electron chi connectivity index (χ4n) is 2.37. The Bertz CT molecular complexity index is 921. The van der Waals surface area contributed by atoms with Crippen LogP contribution in [0.5, 0.6) is 0 Å². The highest BCUT2D eigenvalue weighted by Gasteiger charge is 2.16. The SMILES string of the molecule is NC(=O)CCn1c(SCc2cccc(C(N)=O)c2)nnc1-c1cccs1. The average Bonchev–Trinajstić information content (AvgIpc) is 3.27. The number of hydrogen-bond acceptors (Lipinski definition) is 6. The van der Waals surface area contributed by atoms with Gasteiger partial charge in [0, 0.05) is 24.3 Å². The number of aromatic nitrogens is 3. The van der Waals surface area contributed by atoms with Crippen LogP contribution in [0.2, 0.25) is 0 Å². The van der Waals surface area contributed by atoms with Crippen LogP contribution in [0.3, 0.4) is 0 Å². The number of thioether (sulfide) groups is 1. The molecule has 4 N–H and O–H groups in total. The summed E-state index contributed by atoms with van der Waals surface area (Å²) >= 11 is 3.04. The van der Waals surface area contributed by atoms with Crippen molar-refractivity contribution in [1.29, 1.82) is 0 Å². The van der Waals surface area contributed by atoms with E-state index in [-0.39, 0.29) is 12.3 Å². The summed E-state index contributed by atoms with van der Waals surface area (Å²) in [7, 11) is 0. The van der Waals surface area contributed by atoms with Gasteiger partial charge in [0.05, 0.1) is 4.88 Å². The normalized spacial score (nSPS) is 10.8. The van der Waals surface area contributed by atoms with Gasteiger partial charge in [-0.2, -0.15) is 0 Å². The largest absolute Gasteiger partial charge is 0.370 e. The van der Waals surface area contributed by atoms with E-state index in [1.165, 1.54) is 11.8 Å². The number of thiophene rings is 1. The van der Waals surface area contributed by atoms with Crippen molar-refractivity contribution in [1.82, 2.24) is 14.8 Å². The lowest BCUT2D eigenvalue weighted by atomic mass is 10.1. The second kappa shape index (κ2) is 8.15. The molecule has 0 aliphatic carbocycles. The monoisotopic (exact) mass is 387 g/mol. The van der Waals surface area contributed by atoms with Crippen LogP contribution in [0, 0.1) is 0 Å². The lowest BCUT2D eigenvalue weighted by Crippen LogP contribution is -2.15. The minimum atomic E-state index is -0.457. The molecule has 0 unspecified atom stereocenters. The van der Waals surface area contributed by atoms with Crippen molar-refractivity contribution in [3.05, 3.63) is 52.9 Å². The van der Waals surface area contributed by atoms with E-state index >= 15 is 0 Å². The van der Waals surface area contributed by atoms with E-state index in [9.17, 15) is 9.59 Å². The molecule has 1 aromatic carbocycles. The van der Waals surface area contributed by atoms with Gasteiger partial charge in [-0.05, 0) is 29.1 Å². The first-order valence-electron chi connectivity index (χ1n) is 7.81. The van der Waals surface area contributed by atoms with Crippen LogP contribution in [0.4, 0.5) is 0 Å². The minimum absolute atomic E-state index is 0.209. The Morgan fingerprint density at radius 2 is 2.00 bits per heavy atom. The van der Waals surface area contributed by atoms with E-state index in [4.69, 9.17) is 11.5 Å². The lowest BCUT2D eigenvalue weighted by Gasteiger charge is -2.08. The van der Waals surface area contributed by atoms with Crippen molar-refractivity contribution in [2.75, 3.05) is 0 Å². The molecule has 2 amide bonds. The molecule has 9 heteroatoms. The van der Waals surface area contributed by atoms with Crippen molar-refractivity contribution in [2.45, 2.75) is 23.9 Å². The number of carbonyl (C=O) groups excluding carboxylic acids is 2. The first-order chi connectivity index (χ1) is 12.5. The summed E-state index contributed by atoms with van der Waals surface area (Å²) in [6.45, 7) is 0.416. The van der Waals surface area contributed by atoms with Crippen molar-refractivity contribution in [3.8, 4) is 10.7 Å². The van der Waals surface area contributed by atoms with Gasteiger partial charge in [-0.3, -0.25) is 9.59 Å². The third-order valence-electron chi connectivity index (χ3n) is 3.62. The Labute approximate surface area is 158 Å². The zero-order chi connectivity index (χ0) is 18.5. The average molecular weight is 387 g/mol. The maximum atomic E-state index is 11.3. The maximum absolute atomic E-state index is 11.3. The first-order valence-corrected chi connectivity index (χ1v) is 9.68. The van der Waals surface area contributed by atoms with E-state index in [1.807, 2.05) is 28.1 Å². The predicted octanol–water partition coefficient (Wildman–Crippen LogP) is 2.27. The van der Waals surface area contributed by atoms with E-state index < -0.39 is 5.91 Å². The fourth-order valence-corrected chi connectivity index (χ4v) is 3.99. The second-order valence-corrected chi connectivity index (χ2v) is 7.39. The molecule has 2 aromatic heterocycles. The molecule has 3 aromatic rings. The molecule has 0 bridgehead atoms. The molecule has 2 heterocycles. The van der Waals surface area contributed by atoms with Gasteiger partial charge in [0.2, 0.25) is 11.8 Å². The first kappa shape index (κ1) is 18.2. The van der Waals surface area contributed by atoms with Gasteiger partial charge in [0.25, 0.3) is 0 Å². The van der Waals surface area contributed by atoms with Crippen LogP contribution in [-0.2, 0) is 17.1 Å². The van der Waals surface area contributed by atoms with Crippen LogP contribution < -0.4 is 11.5 Å². The van der Waals surface area contributed by atoms with Crippen LogP contribution in [0.1, 0.15) is 22.3 Å². The Hall–Kier alpha value is -2.65. The zero-order valence-corrected chi connectivity index (χ0v) is 15.4. The fraction of sp³-hybridized carbons (Fsp3) is 0.176. The quantitative estimate of drug-likeness (QED) is 0.575. The number of hydrogen-bond donors (Lipinski definition) is 2. The topological polar surface area (TPSA) is 117 Å². The van der Waals surface area contributed by atoms with Gasteiger partial charge < -0.3 is 16.0 Å². The van der Waals surface area contributed by atoms with E-state index in [0.29, 0.717) is 23.0 Å². The number of amides is 2. The molecule has 0 saturated heterocycles. The predicted molar refractivity (Wildman–Crippen MR) is 102 cm³/mol. The van der Waals surface area contributed by atoms with Gasteiger partial charge in [-0.25, -0.2) is 0 Å². The summed E-state index contributed by atoms with van der Waals surface area (Å²) < 4.78 is 1.90. The highest BCUT2D eigenvalue weighted by atomic mass is 32.2. The van der Waals surface area contributed by atoms with E-state index in [0.717, 1.165) is 16.3 Å². The molecule has 0 saturated carbocycles. The Kier molecular flexibility index (Phi) is 5.69. The molecule has 134 valence electrons. The summed E-state index contributed by atoms with van der Waals surface area (Å²) in [4.78, 5) is 23.5. The zero-order valence-electron chi connectivity index (χ0n) is 13.8. The maximum Gasteiger partial charge on any atom is 0.248 e. The molecule has 0 atom stereocenters. The molecular formula is C17H17N5O2S2. The smallest absolute Gasteiger partial charge is 0.248 e. The molecule has 7 nitrogen and oxygen atoms in total. The highest BCUT2D eigenvalue weighted by Crippen LogP contribution is 2.29. The summed E-state index contributed by atoms with van der Waals surface area (Å²) in [6, 6.07) is 11.1. The van der Waals surface area contributed by atoms with Crippen molar-refractivity contribution in [2.24, 2.45) is 11.5 Å². The van der Waals surface area contributed by atoms with Gasteiger partial charge in [-0.15, -0.1) is 21.5 Å². The Balaban J connectivity index is 1.81. The molecule has 0 radical (unpaired) electrons. The van der Waals surface area contributed by atoms with E-state index in [2.05, 4.69) is 10.2 Å². The number of primary amides is 2. The summed E-state index contributed by atoms with van der Waals surface area (Å²) in [6.07, 6.45) is 0.209. The Morgan fingerprint density at radius 1 is 1.15 bits per heavy atom. The standard InChI is InChI=1S/C17H17N5O2S2/c18-14(23)6-7-22-16(13-5-2-8-25-13)20-21-17(22)26-10-11-3-1-4-12(9-11)15(19)24/h1-5,8-9H,6-7,10H2,(H2,18,23)(H2,19,24). The van der Waals surface area contributed by atoms with Crippen LogP contribution >= 0.6 is 23.1 Å². The number of nitrogens with zero attached hydrogens (tertiary/aromatic N) is 3. The molecular weight excluding hydrogens is 370 g/mol. The number of benzene rings is 1. The third kappa shape index (κ3) is 4.30. The number of carbonyl (C=O) groups is 2. The minimum Gasteiger partial charge on any atom is -0.370 e. The highest BCUT2D eigenvalue weighted by molar-refractivity contribution is 7.98. The molecule has 0 aliphatic heterocycles. The molecule has 0 fully saturated rings. The van der Waals surface area contributed by atoms with Gasteiger partial charge >= 0.3 is 0 Å². The second-order valence-electron chi connectivity index (χ2n) is 5.50. The molecule has 0 spiro atoms. The lowest BCUT2D eigenvalue weighted by molar-refractivity contribution is -0.118. The van der Waals surface area contributed by atoms with Gasteiger partial charge in [0.15, 0.2) is 11.0 Å².